The standard InChI is InChI=1S/C15H22N2O/c1-15(2,12-7-4-3-5-8-12)11-17-14(18)13-9-6-10-16-13/h3-5,7-8,13,16H,6,9-11H2,1-2H3,(H,17,18). The van der Waals surface area contributed by atoms with Gasteiger partial charge in [0, 0.05) is 12.0 Å². The van der Waals surface area contributed by atoms with Crippen LogP contribution >= 0.6 is 0 Å². The molecule has 1 aliphatic heterocycles. The van der Waals surface area contributed by atoms with Crippen LogP contribution in [0.15, 0.2) is 30.3 Å². The molecule has 0 aromatic heterocycles. The molecular weight excluding hydrogens is 224 g/mol. The number of amides is 1. The summed E-state index contributed by atoms with van der Waals surface area (Å²) in [7, 11) is 0. The van der Waals surface area contributed by atoms with Crippen molar-refractivity contribution in [1.29, 1.82) is 0 Å². The highest BCUT2D eigenvalue weighted by molar-refractivity contribution is 5.82. The van der Waals surface area contributed by atoms with Gasteiger partial charge in [0.05, 0.1) is 6.04 Å². The Bertz CT molecular complexity index is 394. The summed E-state index contributed by atoms with van der Waals surface area (Å²) in [6, 6.07) is 10.3. The van der Waals surface area contributed by atoms with Crippen LogP contribution in [0.1, 0.15) is 32.3 Å². The van der Waals surface area contributed by atoms with Gasteiger partial charge in [0.2, 0.25) is 5.91 Å². The number of carbonyl (C=O) groups is 1. The molecule has 1 fully saturated rings. The lowest BCUT2D eigenvalue weighted by Gasteiger charge is -2.26. The van der Waals surface area contributed by atoms with Gasteiger partial charge in [-0.25, -0.2) is 0 Å². The Morgan fingerprint density at radius 1 is 1.39 bits per heavy atom. The van der Waals surface area contributed by atoms with Gasteiger partial charge in [0.15, 0.2) is 0 Å². The van der Waals surface area contributed by atoms with Crippen molar-refractivity contribution in [1.82, 2.24) is 10.6 Å². The molecule has 0 bridgehead atoms. The van der Waals surface area contributed by atoms with E-state index in [1.54, 1.807) is 0 Å². The van der Waals surface area contributed by atoms with Crippen LogP contribution in [0.3, 0.4) is 0 Å². The second-order valence-electron chi connectivity index (χ2n) is 5.62. The molecule has 1 aromatic rings. The van der Waals surface area contributed by atoms with E-state index in [0.29, 0.717) is 6.54 Å². The summed E-state index contributed by atoms with van der Waals surface area (Å²) in [5, 5.41) is 6.28. The van der Waals surface area contributed by atoms with Crippen LogP contribution in [0, 0.1) is 0 Å². The van der Waals surface area contributed by atoms with E-state index in [9.17, 15) is 4.79 Å². The zero-order chi connectivity index (χ0) is 13.0. The van der Waals surface area contributed by atoms with E-state index >= 15 is 0 Å². The van der Waals surface area contributed by atoms with Gasteiger partial charge in [-0.05, 0) is 24.9 Å². The van der Waals surface area contributed by atoms with Crippen molar-refractivity contribution >= 4 is 5.91 Å². The molecule has 18 heavy (non-hydrogen) atoms. The fourth-order valence-corrected chi connectivity index (χ4v) is 2.33. The van der Waals surface area contributed by atoms with Gasteiger partial charge in [0.1, 0.15) is 0 Å². The number of nitrogens with one attached hydrogen (secondary N) is 2. The highest BCUT2D eigenvalue weighted by atomic mass is 16.2. The van der Waals surface area contributed by atoms with Crippen molar-refractivity contribution in [3.8, 4) is 0 Å². The molecule has 0 radical (unpaired) electrons. The fourth-order valence-electron chi connectivity index (χ4n) is 2.33. The Balaban J connectivity index is 1.90. The van der Waals surface area contributed by atoms with Crippen molar-refractivity contribution in [3.05, 3.63) is 35.9 Å². The Hall–Kier alpha value is -1.35. The highest BCUT2D eigenvalue weighted by Gasteiger charge is 2.25. The van der Waals surface area contributed by atoms with E-state index in [1.807, 2.05) is 18.2 Å². The highest BCUT2D eigenvalue weighted by Crippen LogP contribution is 2.21. The summed E-state index contributed by atoms with van der Waals surface area (Å²) < 4.78 is 0. The summed E-state index contributed by atoms with van der Waals surface area (Å²) in [6.45, 7) is 5.95. The molecule has 3 nitrogen and oxygen atoms in total. The van der Waals surface area contributed by atoms with E-state index in [2.05, 4.69) is 36.6 Å². The monoisotopic (exact) mass is 246 g/mol. The summed E-state index contributed by atoms with van der Waals surface area (Å²) in [5.41, 5.74) is 1.22. The van der Waals surface area contributed by atoms with E-state index in [0.717, 1.165) is 19.4 Å². The van der Waals surface area contributed by atoms with Crippen molar-refractivity contribution in [3.63, 3.8) is 0 Å². The van der Waals surface area contributed by atoms with Gasteiger partial charge in [-0.15, -0.1) is 0 Å². The summed E-state index contributed by atoms with van der Waals surface area (Å²) in [4.78, 5) is 11.9. The maximum Gasteiger partial charge on any atom is 0.237 e. The zero-order valence-electron chi connectivity index (χ0n) is 11.2. The lowest BCUT2D eigenvalue weighted by Crippen LogP contribution is -2.45. The molecule has 2 rings (SSSR count). The molecule has 1 amide bonds. The quantitative estimate of drug-likeness (QED) is 0.851. The minimum Gasteiger partial charge on any atom is -0.354 e. The second kappa shape index (κ2) is 5.53. The topological polar surface area (TPSA) is 41.1 Å². The lowest BCUT2D eigenvalue weighted by molar-refractivity contribution is -0.123. The van der Waals surface area contributed by atoms with Crippen LogP contribution in [0.25, 0.3) is 0 Å². The molecule has 0 spiro atoms. The van der Waals surface area contributed by atoms with Crippen molar-refractivity contribution < 1.29 is 4.79 Å². The maximum absolute atomic E-state index is 11.9. The Morgan fingerprint density at radius 3 is 2.72 bits per heavy atom. The minimum atomic E-state index is -0.0322. The summed E-state index contributed by atoms with van der Waals surface area (Å²) in [6.07, 6.45) is 2.05. The molecule has 1 saturated heterocycles. The number of carbonyl (C=O) groups excluding carboxylic acids is 1. The third kappa shape index (κ3) is 3.10. The second-order valence-corrected chi connectivity index (χ2v) is 5.62. The molecule has 1 aliphatic rings. The summed E-state index contributed by atoms with van der Waals surface area (Å²) in [5.74, 6) is 0.136. The third-order valence-electron chi connectivity index (χ3n) is 3.64. The van der Waals surface area contributed by atoms with Gasteiger partial charge in [-0.2, -0.15) is 0 Å². The molecule has 3 heteroatoms. The molecule has 1 aromatic carbocycles. The first-order valence-corrected chi connectivity index (χ1v) is 6.66. The Morgan fingerprint density at radius 2 is 2.11 bits per heavy atom. The van der Waals surface area contributed by atoms with E-state index < -0.39 is 0 Å². The summed E-state index contributed by atoms with van der Waals surface area (Å²) >= 11 is 0. The molecule has 1 atom stereocenters. The van der Waals surface area contributed by atoms with Crippen molar-refractivity contribution in [2.24, 2.45) is 0 Å². The average Bonchev–Trinajstić information content (AvgIpc) is 2.91. The smallest absolute Gasteiger partial charge is 0.237 e. The molecule has 0 saturated carbocycles. The van der Waals surface area contributed by atoms with Gasteiger partial charge < -0.3 is 10.6 Å². The first kappa shape index (κ1) is 13.1. The van der Waals surface area contributed by atoms with Gasteiger partial charge in [-0.1, -0.05) is 44.2 Å². The third-order valence-corrected chi connectivity index (χ3v) is 3.64. The molecule has 2 N–H and O–H groups in total. The van der Waals surface area contributed by atoms with Crippen molar-refractivity contribution in [2.45, 2.75) is 38.1 Å². The normalized spacial score (nSPS) is 19.8. The van der Waals surface area contributed by atoms with Crippen LogP contribution in [0.2, 0.25) is 0 Å². The fraction of sp³-hybridized carbons (Fsp3) is 0.533. The van der Waals surface area contributed by atoms with E-state index in [-0.39, 0.29) is 17.4 Å². The first-order valence-electron chi connectivity index (χ1n) is 6.66. The van der Waals surface area contributed by atoms with E-state index in [1.165, 1.54) is 5.56 Å². The maximum atomic E-state index is 11.9. The van der Waals surface area contributed by atoms with Crippen LogP contribution in [0.5, 0.6) is 0 Å². The minimum absolute atomic E-state index is 0.0107. The molecule has 98 valence electrons. The molecule has 1 heterocycles. The predicted molar refractivity (Wildman–Crippen MR) is 73.5 cm³/mol. The molecular formula is C15H22N2O. The molecule has 1 unspecified atom stereocenters. The zero-order valence-corrected chi connectivity index (χ0v) is 11.2. The SMILES string of the molecule is CC(C)(CNC(=O)C1CCCN1)c1ccccc1. The van der Waals surface area contributed by atoms with Crippen LogP contribution in [-0.2, 0) is 10.2 Å². The van der Waals surface area contributed by atoms with Crippen LogP contribution in [-0.4, -0.2) is 25.0 Å². The number of hydrogen-bond donors (Lipinski definition) is 2. The predicted octanol–water partition coefficient (Wildman–Crippen LogP) is 1.83. The lowest BCUT2D eigenvalue weighted by atomic mass is 9.84. The van der Waals surface area contributed by atoms with Gasteiger partial charge >= 0.3 is 0 Å². The Labute approximate surface area is 109 Å². The first-order chi connectivity index (χ1) is 8.59. The van der Waals surface area contributed by atoms with Gasteiger partial charge in [0.25, 0.3) is 0 Å². The Kier molecular flexibility index (Phi) is 4.02. The van der Waals surface area contributed by atoms with Crippen LogP contribution in [0.4, 0.5) is 0 Å². The number of benzene rings is 1. The van der Waals surface area contributed by atoms with Crippen molar-refractivity contribution in [2.75, 3.05) is 13.1 Å². The van der Waals surface area contributed by atoms with Gasteiger partial charge in [-0.3, -0.25) is 4.79 Å². The molecule has 0 aliphatic carbocycles. The van der Waals surface area contributed by atoms with E-state index in [4.69, 9.17) is 0 Å². The van der Waals surface area contributed by atoms with Crippen LogP contribution < -0.4 is 10.6 Å². The largest absolute Gasteiger partial charge is 0.354 e. The average molecular weight is 246 g/mol. The number of hydrogen-bond acceptors (Lipinski definition) is 2. The number of rotatable bonds is 4.